The van der Waals surface area contributed by atoms with Crippen LogP contribution in [0.2, 0.25) is 0 Å². The number of hydrogen-bond donors (Lipinski definition) is 0. The van der Waals surface area contributed by atoms with Crippen molar-refractivity contribution in [2.75, 3.05) is 0 Å². The second-order valence-corrected chi connectivity index (χ2v) is 7.55. The number of hydrogen-bond acceptors (Lipinski definition) is 2. The Hall–Kier alpha value is -2.82. The molecule has 0 N–H and O–H groups in total. The predicted octanol–water partition coefficient (Wildman–Crippen LogP) is 3.17. The number of imidazole rings is 1. The standard InChI is InChI=1S/C21H25N3O2/c1-21(2,3)24(14-16-10-6-5-7-11-16)19(25)15-23-18-13-9-8-12-17(18)22(4)20(23)26/h5-13H,14-15H2,1-4H3. The topological polar surface area (TPSA) is 47.2 Å². The van der Waals surface area contributed by atoms with Crippen LogP contribution >= 0.6 is 0 Å². The minimum absolute atomic E-state index is 0.0320. The average Bonchev–Trinajstić information content (AvgIpc) is 2.85. The van der Waals surface area contributed by atoms with Gasteiger partial charge in [0.05, 0.1) is 11.0 Å². The van der Waals surface area contributed by atoms with E-state index in [1.807, 2.05) is 80.3 Å². The molecule has 0 radical (unpaired) electrons. The van der Waals surface area contributed by atoms with Crippen LogP contribution in [0, 0.1) is 0 Å². The summed E-state index contributed by atoms with van der Waals surface area (Å²) in [4.78, 5) is 27.6. The molecule has 0 aliphatic rings. The molecule has 3 aromatic rings. The number of benzene rings is 2. The summed E-state index contributed by atoms with van der Waals surface area (Å²) in [6.45, 7) is 6.59. The van der Waals surface area contributed by atoms with Gasteiger partial charge in [-0.2, -0.15) is 0 Å². The molecule has 136 valence electrons. The van der Waals surface area contributed by atoms with Gasteiger partial charge in [-0.05, 0) is 38.5 Å². The third-order valence-corrected chi connectivity index (χ3v) is 4.64. The van der Waals surface area contributed by atoms with Crippen LogP contribution in [0.4, 0.5) is 0 Å². The van der Waals surface area contributed by atoms with Gasteiger partial charge in [0.15, 0.2) is 0 Å². The molecule has 3 rings (SSSR count). The molecule has 0 saturated heterocycles. The maximum atomic E-state index is 13.1. The molecule has 5 nitrogen and oxygen atoms in total. The molecule has 0 fully saturated rings. The molecule has 0 atom stereocenters. The maximum Gasteiger partial charge on any atom is 0.329 e. The van der Waals surface area contributed by atoms with Gasteiger partial charge in [-0.3, -0.25) is 13.9 Å². The summed E-state index contributed by atoms with van der Waals surface area (Å²) in [6.07, 6.45) is 0. The van der Waals surface area contributed by atoms with E-state index in [4.69, 9.17) is 0 Å². The summed E-state index contributed by atoms with van der Waals surface area (Å²) in [5, 5.41) is 0. The second-order valence-electron chi connectivity index (χ2n) is 7.55. The largest absolute Gasteiger partial charge is 0.332 e. The van der Waals surface area contributed by atoms with Crippen molar-refractivity contribution in [1.82, 2.24) is 14.0 Å². The first-order valence-electron chi connectivity index (χ1n) is 8.77. The summed E-state index contributed by atoms with van der Waals surface area (Å²) in [7, 11) is 1.73. The molecule has 0 spiro atoms. The normalized spacial score (nSPS) is 11.7. The zero-order valence-electron chi connectivity index (χ0n) is 15.8. The lowest BCUT2D eigenvalue weighted by Crippen LogP contribution is -2.47. The molecule has 2 aromatic carbocycles. The number of aromatic nitrogens is 2. The van der Waals surface area contributed by atoms with Gasteiger partial charge < -0.3 is 4.90 Å². The van der Waals surface area contributed by atoms with Crippen molar-refractivity contribution in [3.05, 3.63) is 70.6 Å². The van der Waals surface area contributed by atoms with E-state index >= 15 is 0 Å². The lowest BCUT2D eigenvalue weighted by Gasteiger charge is -2.36. The van der Waals surface area contributed by atoms with Crippen molar-refractivity contribution in [1.29, 1.82) is 0 Å². The van der Waals surface area contributed by atoms with E-state index in [2.05, 4.69) is 0 Å². The lowest BCUT2D eigenvalue weighted by molar-refractivity contribution is -0.137. The van der Waals surface area contributed by atoms with Crippen molar-refractivity contribution < 1.29 is 4.79 Å². The van der Waals surface area contributed by atoms with E-state index < -0.39 is 0 Å². The second kappa shape index (κ2) is 6.83. The van der Waals surface area contributed by atoms with E-state index in [0.29, 0.717) is 6.54 Å². The minimum atomic E-state index is -0.346. The fourth-order valence-corrected chi connectivity index (χ4v) is 3.20. The molecule has 26 heavy (non-hydrogen) atoms. The first-order chi connectivity index (χ1) is 12.3. The van der Waals surface area contributed by atoms with Crippen LogP contribution in [-0.4, -0.2) is 25.5 Å². The number of rotatable bonds is 4. The molecule has 0 aliphatic carbocycles. The Kier molecular flexibility index (Phi) is 4.72. The summed E-state index contributed by atoms with van der Waals surface area (Å²) in [5.74, 6) is -0.0696. The van der Waals surface area contributed by atoms with Crippen molar-refractivity contribution in [2.24, 2.45) is 7.05 Å². The predicted molar refractivity (Wildman–Crippen MR) is 104 cm³/mol. The van der Waals surface area contributed by atoms with Gasteiger partial charge in [0.25, 0.3) is 0 Å². The number of carbonyl (C=O) groups is 1. The fraction of sp³-hybridized carbons (Fsp3) is 0.333. The maximum absolute atomic E-state index is 13.1. The van der Waals surface area contributed by atoms with Crippen molar-refractivity contribution in [2.45, 2.75) is 39.4 Å². The molecule has 1 aromatic heterocycles. The lowest BCUT2D eigenvalue weighted by atomic mass is 10.0. The Morgan fingerprint density at radius 3 is 2.15 bits per heavy atom. The Morgan fingerprint density at radius 2 is 1.54 bits per heavy atom. The van der Waals surface area contributed by atoms with Crippen molar-refractivity contribution >= 4 is 16.9 Å². The highest BCUT2D eigenvalue weighted by molar-refractivity contribution is 5.81. The molecular weight excluding hydrogens is 326 g/mol. The van der Waals surface area contributed by atoms with Crippen LogP contribution in [-0.2, 0) is 24.9 Å². The molecular formula is C21H25N3O2. The smallest absolute Gasteiger partial charge is 0.329 e. The first-order valence-corrected chi connectivity index (χ1v) is 8.77. The van der Waals surface area contributed by atoms with E-state index in [9.17, 15) is 9.59 Å². The number of fused-ring (bicyclic) bond motifs is 1. The Morgan fingerprint density at radius 1 is 0.962 bits per heavy atom. The van der Waals surface area contributed by atoms with Crippen LogP contribution in [0.15, 0.2) is 59.4 Å². The number of para-hydroxylation sites is 2. The SMILES string of the molecule is Cn1c(=O)n(CC(=O)N(Cc2ccccc2)C(C)(C)C)c2ccccc21. The van der Waals surface area contributed by atoms with Gasteiger partial charge in [-0.1, -0.05) is 42.5 Å². The van der Waals surface area contributed by atoms with E-state index in [0.717, 1.165) is 16.6 Å². The number of amides is 1. The quantitative estimate of drug-likeness (QED) is 0.725. The molecule has 5 heteroatoms. The molecule has 0 saturated carbocycles. The van der Waals surface area contributed by atoms with Gasteiger partial charge in [-0.15, -0.1) is 0 Å². The number of aryl methyl sites for hydroxylation is 1. The van der Waals surface area contributed by atoms with E-state index in [1.54, 1.807) is 16.2 Å². The number of carbonyl (C=O) groups excluding carboxylic acids is 1. The molecule has 1 heterocycles. The summed E-state index contributed by atoms with van der Waals surface area (Å²) in [5.41, 5.74) is 2.16. The minimum Gasteiger partial charge on any atom is -0.332 e. The zero-order valence-corrected chi connectivity index (χ0v) is 15.8. The highest BCUT2D eigenvalue weighted by atomic mass is 16.2. The van der Waals surface area contributed by atoms with Crippen molar-refractivity contribution in [3.63, 3.8) is 0 Å². The highest BCUT2D eigenvalue weighted by Gasteiger charge is 2.27. The van der Waals surface area contributed by atoms with Crippen molar-refractivity contribution in [3.8, 4) is 0 Å². The van der Waals surface area contributed by atoms with Crippen LogP contribution in [0.1, 0.15) is 26.3 Å². The monoisotopic (exact) mass is 351 g/mol. The first kappa shape index (κ1) is 18.0. The van der Waals surface area contributed by atoms with Crippen LogP contribution in [0.5, 0.6) is 0 Å². The van der Waals surface area contributed by atoms with Gasteiger partial charge in [-0.25, -0.2) is 4.79 Å². The van der Waals surface area contributed by atoms with Gasteiger partial charge in [0.2, 0.25) is 5.91 Å². The Labute approximate surface area is 153 Å². The summed E-state index contributed by atoms with van der Waals surface area (Å²) in [6, 6.07) is 17.5. The summed E-state index contributed by atoms with van der Waals surface area (Å²) >= 11 is 0. The van der Waals surface area contributed by atoms with Gasteiger partial charge in [0.1, 0.15) is 6.54 Å². The van der Waals surface area contributed by atoms with Crippen LogP contribution < -0.4 is 5.69 Å². The third kappa shape index (κ3) is 3.43. The van der Waals surface area contributed by atoms with Crippen LogP contribution in [0.3, 0.4) is 0 Å². The zero-order chi connectivity index (χ0) is 18.9. The molecule has 0 unspecified atom stereocenters. The average molecular weight is 351 g/mol. The van der Waals surface area contributed by atoms with E-state index in [1.165, 1.54) is 0 Å². The molecule has 1 amide bonds. The molecule has 0 bridgehead atoms. The van der Waals surface area contributed by atoms with Crippen LogP contribution in [0.25, 0.3) is 11.0 Å². The Bertz CT molecular complexity index is 978. The number of nitrogens with zero attached hydrogens (tertiary/aromatic N) is 3. The fourth-order valence-electron chi connectivity index (χ4n) is 3.20. The Balaban J connectivity index is 1.94. The van der Waals surface area contributed by atoms with Gasteiger partial charge in [0, 0.05) is 19.1 Å². The highest BCUT2D eigenvalue weighted by Crippen LogP contribution is 2.19. The molecule has 0 aliphatic heterocycles. The van der Waals surface area contributed by atoms with Gasteiger partial charge >= 0.3 is 5.69 Å². The third-order valence-electron chi connectivity index (χ3n) is 4.64. The van der Waals surface area contributed by atoms with E-state index in [-0.39, 0.29) is 23.7 Å². The summed E-state index contributed by atoms with van der Waals surface area (Å²) < 4.78 is 3.14.